The second kappa shape index (κ2) is 17.2. The first-order valence-electron chi connectivity index (χ1n) is 11.6. The van der Waals surface area contributed by atoms with Gasteiger partial charge in [0.2, 0.25) is 0 Å². The van der Waals surface area contributed by atoms with Crippen molar-refractivity contribution in [1.29, 1.82) is 0 Å². The lowest BCUT2D eigenvalue weighted by atomic mass is 9.90. The molecule has 0 fully saturated rings. The number of hydrogen-bond acceptors (Lipinski definition) is 0. The fourth-order valence-corrected chi connectivity index (χ4v) is 4.16. The maximum Gasteiger partial charge on any atom is 0.0406 e. The Hall–Kier alpha value is 0.0300. The van der Waals surface area contributed by atoms with Crippen molar-refractivity contribution in [3.8, 4) is 0 Å². The molecule has 0 N–H and O–H groups in total. The summed E-state index contributed by atoms with van der Waals surface area (Å²) in [5.41, 5.74) is 1.46. The van der Waals surface area contributed by atoms with Gasteiger partial charge in [0.15, 0.2) is 0 Å². The van der Waals surface area contributed by atoms with E-state index < -0.39 is 0 Å². The normalized spacial score (nSPS) is 16.1. The highest BCUT2D eigenvalue weighted by Crippen LogP contribution is 2.23. The average molecular weight is 385 g/mol. The van der Waals surface area contributed by atoms with Crippen molar-refractivity contribution in [3.63, 3.8) is 0 Å². The van der Waals surface area contributed by atoms with Crippen LogP contribution >= 0.6 is 11.6 Å². The average Bonchev–Trinajstić information content (AvgIpc) is 2.54. The van der Waals surface area contributed by atoms with Crippen LogP contribution in [0.15, 0.2) is 11.6 Å². The molecule has 0 nitrogen and oxygen atoms in total. The van der Waals surface area contributed by atoms with E-state index in [1.165, 1.54) is 82.6 Å². The van der Waals surface area contributed by atoms with Crippen molar-refractivity contribution in [2.45, 2.75) is 119 Å². The van der Waals surface area contributed by atoms with E-state index in [0.717, 1.165) is 23.7 Å². The third kappa shape index (κ3) is 17.4. The zero-order valence-corrected chi connectivity index (χ0v) is 19.7. The molecule has 0 heterocycles. The maximum absolute atomic E-state index is 5.75. The van der Waals surface area contributed by atoms with Gasteiger partial charge in [-0.1, -0.05) is 110 Å². The molecule has 3 atom stereocenters. The van der Waals surface area contributed by atoms with Crippen molar-refractivity contribution in [2.24, 2.45) is 23.7 Å². The molecule has 0 aromatic heterocycles. The molecule has 0 spiro atoms. The predicted octanol–water partition coefficient (Wildman–Crippen LogP) is 9.42. The van der Waals surface area contributed by atoms with Crippen LogP contribution in [-0.4, -0.2) is 5.88 Å². The summed E-state index contributed by atoms with van der Waals surface area (Å²) in [6, 6.07) is 0. The molecule has 0 bridgehead atoms. The Morgan fingerprint density at radius 2 is 1.04 bits per heavy atom. The molecule has 0 aliphatic heterocycles. The van der Waals surface area contributed by atoms with E-state index in [0.29, 0.717) is 5.88 Å². The highest BCUT2D eigenvalue weighted by molar-refractivity contribution is 6.18. The number of allylic oxidation sites excluding steroid dienone is 2. The third-order valence-corrected chi connectivity index (χ3v) is 6.11. The second-order valence-corrected chi connectivity index (χ2v) is 9.91. The van der Waals surface area contributed by atoms with E-state index in [1.54, 1.807) is 0 Å². The van der Waals surface area contributed by atoms with Crippen molar-refractivity contribution in [2.75, 3.05) is 5.88 Å². The highest BCUT2D eigenvalue weighted by atomic mass is 35.5. The highest BCUT2D eigenvalue weighted by Gasteiger charge is 2.08. The van der Waals surface area contributed by atoms with Crippen molar-refractivity contribution < 1.29 is 0 Å². The van der Waals surface area contributed by atoms with E-state index in [-0.39, 0.29) is 0 Å². The van der Waals surface area contributed by atoms with E-state index in [1.807, 2.05) is 0 Å². The van der Waals surface area contributed by atoms with Crippen LogP contribution in [0.2, 0.25) is 0 Å². The van der Waals surface area contributed by atoms with Gasteiger partial charge in [-0.2, -0.15) is 0 Å². The maximum atomic E-state index is 5.75. The first-order valence-corrected chi connectivity index (χ1v) is 12.1. The molecule has 0 aromatic rings. The molecule has 3 unspecified atom stereocenters. The second-order valence-electron chi connectivity index (χ2n) is 9.60. The molecule has 0 amide bonds. The molecule has 0 saturated heterocycles. The van der Waals surface area contributed by atoms with Crippen LogP contribution in [0.25, 0.3) is 0 Å². The fraction of sp³-hybridized carbons (Fsp3) is 0.920. The van der Waals surface area contributed by atoms with Gasteiger partial charge in [-0.05, 0) is 43.4 Å². The molecule has 1 heteroatoms. The molecule has 0 aliphatic carbocycles. The van der Waals surface area contributed by atoms with Gasteiger partial charge in [0.1, 0.15) is 0 Å². The van der Waals surface area contributed by atoms with Gasteiger partial charge in [0.25, 0.3) is 0 Å². The van der Waals surface area contributed by atoms with Gasteiger partial charge in [-0.25, -0.2) is 0 Å². The zero-order chi connectivity index (χ0) is 19.8. The van der Waals surface area contributed by atoms with Gasteiger partial charge < -0.3 is 0 Å². The monoisotopic (exact) mass is 384 g/mol. The summed E-state index contributed by atoms with van der Waals surface area (Å²) in [5.74, 6) is 4.26. The fourth-order valence-electron chi connectivity index (χ4n) is 3.90. The van der Waals surface area contributed by atoms with E-state index in [9.17, 15) is 0 Å². The van der Waals surface area contributed by atoms with Gasteiger partial charge in [0.05, 0.1) is 0 Å². The summed E-state index contributed by atoms with van der Waals surface area (Å²) in [6.07, 6.45) is 18.9. The van der Waals surface area contributed by atoms with Crippen molar-refractivity contribution >= 4 is 11.6 Å². The standard InChI is InChI=1S/C25H49Cl/c1-21(2)11-7-12-22(3)13-8-14-23(4)15-9-16-24(5)17-10-18-25(6)19-20-26/h19,21-24H,7-18,20H2,1-6H3/b25-19+. The predicted molar refractivity (Wildman–Crippen MR) is 122 cm³/mol. The van der Waals surface area contributed by atoms with Gasteiger partial charge in [-0.15, -0.1) is 11.6 Å². The topological polar surface area (TPSA) is 0 Å². The summed E-state index contributed by atoms with van der Waals surface area (Å²) in [5, 5.41) is 0. The van der Waals surface area contributed by atoms with Crippen LogP contribution in [-0.2, 0) is 0 Å². The lowest BCUT2D eigenvalue weighted by Gasteiger charge is -2.16. The lowest BCUT2D eigenvalue weighted by Crippen LogP contribution is -2.01. The minimum atomic E-state index is 0.663. The van der Waals surface area contributed by atoms with Crippen LogP contribution in [0.1, 0.15) is 119 Å². The minimum Gasteiger partial charge on any atom is -0.122 e. The first-order chi connectivity index (χ1) is 12.3. The Kier molecular flexibility index (Phi) is 17.2. The minimum absolute atomic E-state index is 0.663. The molecule has 0 radical (unpaired) electrons. The van der Waals surface area contributed by atoms with E-state index in [2.05, 4.69) is 47.6 Å². The summed E-state index contributed by atoms with van der Waals surface area (Å²) < 4.78 is 0. The number of rotatable bonds is 17. The molecule has 0 aliphatic rings. The van der Waals surface area contributed by atoms with Gasteiger partial charge in [-0.3, -0.25) is 0 Å². The van der Waals surface area contributed by atoms with E-state index in [4.69, 9.17) is 11.6 Å². The summed E-state index contributed by atoms with van der Waals surface area (Å²) in [7, 11) is 0. The Bertz CT molecular complexity index is 331. The first kappa shape index (κ1) is 26.0. The molecular weight excluding hydrogens is 336 g/mol. The lowest BCUT2D eigenvalue weighted by molar-refractivity contribution is 0.372. The summed E-state index contributed by atoms with van der Waals surface area (Å²) >= 11 is 5.75. The largest absolute Gasteiger partial charge is 0.122 e. The third-order valence-electron chi connectivity index (χ3n) is 5.96. The van der Waals surface area contributed by atoms with Crippen LogP contribution in [0, 0.1) is 23.7 Å². The Balaban J connectivity index is 3.58. The van der Waals surface area contributed by atoms with Crippen LogP contribution in [0.5, 0.6) is 0 Å². The van der Waals surface area contributed by atoms with Gasteiger partial charge in [0, 0.05) is 5.88 Å². The summed E-state index contributed by atoms with van der Waals surface area (Å²) in [4.78, 5) is 0. The number of alkyl halides is 1. The Morgan fingerprint density at radius 3 is 1.42 bits per heavy atom. The molecule has 0 saturated carbocycles. The van der Waals surface area contributed by atoms with Crippen LogP contribution in [0.3, 0.4) is 0 Å². The van der Waals surface area contributed by atoms with Crippen LogP contribution in [0.4, 0.5) is 0 Å². The smallest absolute Gasteiger partial charge is 0.0406 e. The Labute approximate surface area is 171 Å². The summed E-state index contributed by atoms with van der Waals surface area (Å²) in [6.45, 7) is 14.2. The molecular formula is C25H49Cl. The Morgan fingerprint density at radius 1 is 0.654 bits per heavy atom. The number of halogens is 1. The quantitative estimate of drug-likeness (QED) is 0.173. The zero-order valence-electron chi connectivity index (χ0n) is 19.0. The number of hydrogen-bond donors (Lipinski definition) is 0. The van der Waals surface area contributed by atoms with Gasteiger partial charge >= 0.3 is 0 Å². The molecule has 156 valence electrons. The molecule has 0 aromatic carbocycles. The molecule has 26 heavy (non-hydrogen) atoms. The molecule has 0 rings (SSSR count). The SMILES string of the molecule is C/C(=C\CCl)CCCC(C)CCCC(C)CCCC(C)CCCC(C)C. The van der Waals surface area contributed by atoms with E-state index >= 15 is 0 Å². The van der Waals surface area contributed by atoms with Crippen molar-refractivity contribution in [3.05, 3.63) is 11.6 Å². The van der Waals surface area contributed by atoms with Crippen molar-refractivity contribution in [1.82, 2.24) is 0 Å². The van der Waals surface area contributed by atoms with Crippen LogP contribution < -0.4 is 0 Å².